The van der Waals surface area contributed by atoms with E-state index in [0.29, 0.717) is 13.1 Å². The van der Waals surface area contributed by atoms with E-state index in [1.54, 1.807) is 0 Å². The van der Waals surface area contributed by atoms with Crippen LogP contribution in [0.4, 0.5) is 26.3 Å². The molecule has 8 N–H and O–H groups in total. The lowest BCUT2D eigenvalue weighted by Gasteiger charge is -1.95. The van der Waals surface area contributed by atoms with E-state index in [9.17, 15) is 26.3 Å². The van der Waals surface area contributed by atoms with Gasteiger partial charge in [-0.1, -0.05) is 0 Å². The highest BCUT2D eigenvalue weighted by atomic mass is 19.4. The van der Waals surface area contributed by atoms with Crippen LogP contribution in [-0.2, 0) is 9.59 Å². The number of hydrogen-bond donors (Lipinski definition) is 4. The van der Waals surface area contributed by atoms with Crippen LogP contribution in [0, 0.1) is 0 Å². The van der Waals surface area contributed by atoms with E-state index >= 15 is 0 Å². The lowest BCUT2D eigenvalue weighted by molar-refractivity contribution is -0.169. The maximum Gasteiger partial charge on any atom is 0.470 e. The minimum absolute atomic E-state index is 0.597. The first-order valence-corrected chi connectivity index (χ1v) is 3.94. The lowest BCUT2D eigenvalue weighted by atomic mass is 10.6. The number of hydrogen-bond acceptors (Lipinski definition) is 4. The average Bonchev–Trinajstić information content (AvgIpc) is 2.16. The van der Waals surface area contributed by atoms with Crippen LogP contribution in [0.15, 0.2) is 0 Å². The second kappa shape index (κ2) is 9.47. The third-order valence-corrected chi connectivity index (χ3v) is 0.725. The summed E-state index contributed by atoms with van der Waals surface area (Å²) in [7, 11) is 0. The summed E-state index contributed by atoms with van der Waals surface area (Å²) in [6.45, 7) is 1.19. The summed E-state index contributed by atoms with van der Waals surface area (Å²) in [5.74, 6) is -4.51. The van der Waals surface area contributed by atoms with Crippen LogP contribution >= 0.6 is 0 Å². The molecule has 0 aromatic carbocycles. The van der Waals surface area contributed by atoms with Crippen LogP contribution in [-0.4, -0.2) is 37.3 Å². The predicted molar refractivity (Wildman–Crippen MR) is 48.6 cm³/mol. The maximum absolute atomic E-state index is 10.7. The summed E-state index contributed by atoms with van der Waals surface area (Å²) in [6.07, 6.45) is -9.72. The van der Waals surface area contributed by atoms with Crippen LogP contribution in [0.5, 0.6) is 0 Å². The van der Waals surface area contributed by atoms with Gasteiger partial charge in [0.1, 0.15) is 0 Å². The molecule has 0 bridgehead atoms. The van der Waals surface area contributed by atoms with E-state index in [0.717, 1.165) is 0 Å². The molecule has 18 heavy (non-hydrogen) atoms. The van der Waals surface area contributed by atoms with E-state index in [1.165, 1.54) is 0 Å². The number of amides is 2. The van der Waals surface area contributed by atoms with Gasteiger partial charge < -0.3 is 22.9 Å². The Labute approximate surface area is 97.3 Å². The van der Waals surface area contributed by atoms with E-state index in [1.807, 2.05) is 0 Å². The van der Waals surface area contributed by atoms with E-state index in [-0.39, 0.29) is 0 Å². The Morgan fingerprint density at radius 3 is 0.833 bits per heavy atom. The second-order valence-electron chi connectivity index (χ2n) is 2.30. The first-order valence-electron chi connectivity index (χ1n) is 3.94. The minimum Gasteiger partial charge on any atom is -0.362 e. The number of rotatable bonds is 1. The van der Waals surface area contributed by atoms with Crippen LogP contribution in [0.3, 0.4) is 0 Å². The SMILES string of the molecule is NC(=O)C(F)(F)F.NC(=O)C(F)(F)F.NCCN. The summed E-state index contributed by atoms with van der Waals surface area (Å²) in [6, 6.07) is 0. The molecule has 0 atom stereocenters. The van der Waals surface area contributed by atoms with Crippen LogP contribution in [0.2, 0.25) is 0 Å². The summed E-state index contributed by atoms with van der Waals surface area (Å²) in [5, 5.41) is 0. The first-order chi connectivity index (χ1) is 7.80. The Morgan fingerprint density at radius 2 is 0.833 bits per heavy atom. The molecular formula is C6H12F6N4O2. The van der Waals surface area contributed by atoms with Crippen molar-refractivity contribution < 1.29 is 35.9 Å². The Kier molecular flexibility index (Phi) is 11.4. The van der Waals surface area contributed by atoms with Crippen molar-refractivity contribution in [2.24, 2.45) is 22.9 Å². The Balaban J connectivity index is -0.000000196. The molecular weight excluding hydrogens is 274 g/mol. The number of halogens is 6. The lowest BCUT2D eigenvalue weighted by Crippen LogP contribution is -2.30. The molecule has 0 fully saturated rings. The van der Waals surface area contributed by atoms with Crippen LogP contribution in [0.1, 0.15) is 0 Å². The van der Waals surface area contributed by atoms with Crippen molar-refractivity contribution >= 4 is 11.8 Å². The molecule has 0 aromatic heterocycles. The zero-order chi connectivity index (χ0) is 15.6. The molecule has 0 unspecified atom stereocenters. The quantitative estimate of drug-likeness (QED) is 0.458. The number of primary amides is 2. The van der Waals surface area contributed by atoms with Gasteiger partial charge in [-0.3, -0.25) is 9.59 Å². The topological polar surface area (TPSA) is 138 Å². The highest BCUT2D eigenvalue weighted by Crippen LogP contribution is 2.12. The molecule has 0 radical (unpaired) electrons. The fourth-order valence-corrected chi connectivity index (χ4v) is 0. The molecule has 0 heterocycles. The number of alkyl halides is 6. The van der Waals surface area contributed by atoms with Gasteiger partial charge in [-0.05, 0) is 0 Å². The molecule has 0 aromatic rings. The number of nitrogens with two attached hydrogens (primary N) is 4. The summed E-state index contributed by atoms with van der Waals surface area (Å²) >= 11 is 0. The van der Waals surface area contributed by atoms with Gasteiger partial charge in [0.05, 0.1) is 0 Å². The summed E-state index contributed by atoms with van der Waals surface area (Å²) in [4.78, 5) is 18.2. The third kappa shape index (κ3) is 19.9. The molecule has 0 saturated heterocycles. The zero-order valence-corrected chi connectivity index (χ0v) is 8.81. The molecule has 0 rings (SSSR count). The standard InChI is InChI=1S/2C2H2F3NO.C2H8N2/c2*3-2(4,5)1(6)7;3-1-2-4/h2*(H2,6,7);1-4H2. The number of carbonyl (C=O) groups is 2. The third-order valence-electron chi connectivity index (χ3n) is 0.725. The Hall–Kier alpha value is -1.56. The Bertz CT molecular complexity index is 225. The summed E-state index contributed by atoms with van der Waals surface area (Å²) in [5.41, 5.74) is 17.4. The van der Waals surface area contributed by atoms with Crippen molar-refractivity contribution in [3.05, 3.63) is 0 Å². The smallest absolute Gasteiger partial charge is 0.362 e. The van der Waals surface area contributed by atoms with Crippen molar-refractivity contribution in [1.82, 2.24) is 0 Å². The average molecular weight is 286 g/mol. The van der Waals surface area contributed by atoms with Gasteiger partial charge >= 0.3 is 24.2 Å². The van der Waals surface area contributed by atoms with Gasteiger partial charge in [0.15, 0.2) is 0 Å². The summed E-state index contributed by atoms with van der Waals surface area (Å²) < 4.78 is 64.2. The predicted octanol–water partition coefficient (Wildman–Crippen LogP) is -1.03. The van der Waals surface area contributed by atoms with Gasteiger partial charge in [-0.2, -0.15) is 26.3 Å². The highest BCUT2D eigenvalue weighted by molar-refractivity contribution is 5.79. The molecule has 0 aliphatic rings. The normalized spacial score (nSPS) is 10.4. The van der Waals surface area contributed by atoms with Crippen LogP contribution < -0.4 is 22.9 Å². The van der Waals surface area contributed by atoms with Gasteiger partial charge in [-0.15, -0.1) is 0 Å². The largest absolute Gasteiger partial charge is 0.470 e. The molecule has 0 aliphatic heterocycles. The van der Waals surface area contributed by atoms with E-state index < -0.39 is 24.2 Å². The molecule has 0 spiro atoms. The van der Waals surface area contributed by atoms with Crippen LogP contribution in [0.25, 0.3) is 0 Å². The monoisotopic (exact) mass is 286 g/mol. The molecule has 2 amide bonds. The maximum atomic E-state index is 10.7. The van der Waals surface area contributed by atoms with Gasteiger partial charge in [0.2, 0.25) is 0 Å². The Morgan fingerprint density at radius 1 is 0.722 bits per heavy atom. The van der Waals surface area contributed by atoms with Crippen molar-refractivity contribution in [3.8, 4) is 0 Å². The zero-order valence-electron chi connectivity index (χ0n) is 8.81. The number of carbonyl (C=O) groups excluding carboxylic acids is 2. The fourth-order valence-electron chi connectivity index (χ4n) is 0. The molecule has 6 nitrogen and oxygen atoms in total. The van der Waals surface area contributed by atoms with E-state index in [4.69, 9.17) is 21.1 Å². The molecule has 0 saturated carbocycles. The fraction of sp³-hybridized carbons (Fsp3) is 0.667. The first kappa shape index (κ1) is 21.7. The minimum atomic E-state index is -4.86. The van der Waals surface area contributed by atoms with Gasteiger partial charge in [0.25, 0.3) is 0 Å². The van der Waals surface area contributed by atoms with Crippen molar-refractivity contribution in [1.29, 1.82) is 0 Å². The second-order valence-corrected chi connectivity index (χ2v) is 2.30. The van der Waals surface area contributed by atoms with Crippen molar-refractivity contribution in [2.75, 3.05) is 13.1 Å². The highest BCUT2D eigenvalue weighted by Gasteiger charge is 2.36. The molecule has 0 aliphatic carbocycles. The molecule has 110 valence electrons. The van der Waals surface area contributed by atoms with Gasteiger partial charge in [0, 0.05) is 13.1 Å². The van der Waals surface area contributed by atoms with Gasteiger partial charge in [-0.25, -0.2) is 0 Å². The molecule has 12 heteroatoms. The van der Waals surface area contributed by atoms with Crippen molar-refractivity contribution in [3.63, 3.8) is 0 Å². The van der Waals surface area contributed by atoms with Crippen molar-refractivity contribution in [2.45, 2.75) is 12.4 Å². The van der Waals surface area contributed by atoms with E-state index in [2.05, 4.69) is 11.5 Å².